The highest BCUT2D eigenvalue weighted by Crippen LogP contribution is 2.48. The summed E-state index contributed by atoms with van der Waals surface area (Å²) in [5, 5.41) is 12.6. The van der Waals surface area contributed by atoms with Crippen molar-refractivity contribution in [3.05, 3.63) is 29.3 Å². The van der Waals surface area contributed by atoms with Crippen LogP contribution in [0.1, 0.15) is 30.4 Å². The number of carboxylic acids is 1. The first-order valence-electron chi connectivity index (χ1n) is 8.36. The first-order valence-corrected chi connectivity index (χ1v) is 9.58. The Balaban J connectivity index is 1.64. The zero-order valence-electron chi connectivity index (χ0n) is 14.2. The Kier molecular flexibility index (Phi) is 4.76. The lowest BCUT2D eigenvalue weighted by molar-refractivity contribution is -0.149. The van der Waals surface area contributed by atoms with Crippen molar-refractivity contribution in [3.8, 4) is 0 Å². The van der Waals surface area contributed by atoms with Crippen LogP contribution in [0.15, 0.2) is 23.1 Å². The number of aryl methyl sites for hydroxylation is 1. The Morgan fingerprint density at radius 1 is 1.46 bits per heavy atom. The normalized spacial score (nSPS) is 25.6. The van der Waals surface area contributed by atoms with E-state index in [0.29, 0.717) is 26.1 Å². The van der Waals surface area contributed by atoms with Gasteiger partial charge >= 0.3 is 12.0 Å². The predicted molar refractivity (Wildman–Crippen MR) is 94.2 cm³/mol. The predicted octanol–water partition coefficient (Wildman–Crippen LogP) is 3.11. The van der Waals surface area contributed by atoms with Crippen molar-refractivity contribution in [2.75, 3.05) is 19.3 Å². The molecule has 1 saturated carbocycles. The standard InChI is InChI=1S/C18H24N2O3S/c1-12-5-6-13(15(8-12)24-2)9-19-17(23)20-10-14-4-3-7-18(14,11-20)16(21)22/h5-6,8,14H,3-4,7,9-11H2,1-2H3,(H,19,23)(H,21,22)/t14-,18+/m0/s1. The van der Waals surface area contributed by atoms with E-state index in [1.54, 1.807) is 16.7 Å². The number of carboxylic acid groups (broad SMARTS) is 1. The summed E-state index contributed by atoms with van der Waals surface area (Å²) in [5.74, 6) is -0.648. The van der Waals surface area contributed by atoms with Gasteiger partial charge in [0.2, 0.25) is 0 Å². The zero-order valence-corrected chi connectivity index (χ0v) is 15.0. The second kappa shape index (κ2) is 6.67. The van der Waals surface area contributed by atoms with Crippen LogP contribution in [0.3, 0.4) is 0 Å². The quantitative estimate of drug-likeness (QED) is 0.820. The van der Waals surface area contributed by atoms with Crippen molar-refractivity contribution in [2.45, 2.75) is 37.6 Å². The fourth-order valence-corrected chi connectivity index (χ4v) is 4.78. The van der Waals surface area contributed by atoms with Crippen LogP contribution in [0, 0.1) is 18.3 Å². The third kappa shape index (κ3) is 2.99. The summed E-state index contributed by atoms with van der Waals surface area (Å²) in [4.78, 5) is 27.1. The molecule has 2 N–H and O–H groups in total. The van der Waals surface area contributed by atoms with Gasteiger partial charge in [-0.25, -0.2) is 4.79 Å². The van der Waals surface area contributed by atoms with Crippen molar-refractivity contribution < 1.29 is 14.7 Å². The van der Waals surface area contributed by atoms with E-state index < -0.39 is 11.4 Å². The zero-order chi connectivity index (χ0) is 17.3. The van der Waals surface area contributed by atoms with Crippen molar-refractivity contribution in [1.29, 1.82) is 0 Å². The number of nitrogens with one attached hydrogen (secondary N) is 1. The molecule has 2 aliphatic rings. The highest BCUT2D eigenvalue weighted by molar-refractivity contribution is 7.98. The summed E-state index contributed by atoms with van der Waals surface area (Å²) < 4.78 is 0. The molecule has 0 aromatic heterocycles. The van der Waals surface area contributed by atoms with E-state index in [1.165, 1.54) is 5.56 Å². The molecule has 2 fully saturated rings. The number of fused-ring (bicyclic) bond motifs is 1. The maximum Gasteiger partial charge on any atom is 0.317 e. The molecule has 2 atom stereocenters. The van der Waals surface area contributed by atoms with Crippen LogP contribution in [0.4, 0.5) is 4.79 Å². The average Bonchev–Trinajstić information content (AvgIpc) is 3.11. The number of nitrogens with zero attached hydrogens (tertiary/aromatic N) is 1. The molecule has 130 valence electrons. The molecular formula is C18H24N2O3S. The van der Waals surface area contributed by atoms with Gasteiger partial charge in [-0.1, -0.05) is 18.6 Å². The molecule has 0 unspecified atom stereocenters. The number of hydrogen-bond acceptors (Lipinski definition) is 3. The van der Waals surface area contributed by atoms with Crippen molar-refractivity contribution in [3.63, 3.8) is 0 Å². The Hall–Kier alpha value is -1.69. The first-order chi connectivity index (χ1) is 11.5. The fourth-order valence-electron chi connectivity index (χ4n) is 4.07. The molecule has 1 aliphatic heterocycles. The number of amides is 2. The Morgan fingerprint density at radius 3 is 2.92 bits per heavy atom. The van der Waals surface area contributed by atoms with Crippen molar-refractivity contribution in [2.24, 2.45) is 11.3 Å². The molecule has 6 heteroatoms. The van der Waals surface area contributed by atoms with Crippen molar-refractivity contribution in [1.82, 2.24) is 10.2 Å². The van der Waals surface area contributed by atoms with Gasteiger partial charge in [0.25, 0.3) is 0 Å². The van der Waals surface area contributed by atoms with Crippen LogP contribution in [0.25, 0.3) is 0 Å². The van der Waals surface area contributed by atoms with Crippen LogP contribution in [0.2, 0.25) is 0 Å². The number of thioether (sulfide) groups is 1. The molecule has 24 heavy (non-hydrogen) atoms. The van der Waals surface area contributed by atoms with Gasteiger partial charge in [0.1, 0.15) is 0 Å². The van der Waals surface area contributed by atoms with Crippen LogP contribution in [-0.4, -0.2) is 41.4 Å². The summed E-state index contributed by atoms with van der Waals surface area (Å²) in [5.41, 5.74) is 1.57. The van der Waals surface area contributed by atoms with Gasteiger partial charge in [0, 0.05) is 24.5 Å². The van der Waals surface area contributed by atoms with Crippen molar-refractivity contribution >= 4 is 23.8 Å². The second-order valence-electron chi connectivity index (χ2n) is 6.90. The molecule has 2 amide bonds. The number of benzene rings is 1. The minimum atomic E-state index is -0.747. The molecule has 5 nitrogen and oxygen atoms in total. The van der Waals surface area contributed by atoms with E-state index in [-0.39, 0.29) is 11.9 Å². The Bertz CT molecular complexity index is 664. The van der Waals surface area contributed by atoms with E-state index in [4.69, 9.17) is 0 Å². The molecule has 1 saturated heterocycles. The van der Waals surface area contributed by atoms with E-state index in [2.05, 4.69) is 18.3 Å². The largest absolute Gasteiger partial charge is 0.481 e. The number of hydrogen-bond donors (Lipinski definition) is 2. The fraction of sp³-hybridized carbons (Fsp3) is 0.556. The molecular weight excluding hydrogens is 324 g/mol. The lowest BCUT2D eigenvalue weighted by Gasteiger charge is -2.23. The lowest BCUT2D eigenvalue weighted by atomic mass is 9.81. The summed E-state index contributed by atoms with van der Waals surface area (Å²) >= 11 is 1.67. The second-order valence-corrected chi connectivity index (χ2v) is 7.75. The van der Waals surface area contributed by atoms with Gasteiger partial charge in [-0.3, -0.25) is 4.79 Å². The number of aliphatic carboxylic acids is 1. The molecule has 1 aromatic carbocycles. The topological polar surface area (TPSA) is 69.6 Å². The van der Waals surface area contributed by atoms with Crippen LogP contribution in [-0.2, 0) is 11.3 Å². The highest BCUT2D eigenvalue weighted by atomic mass is 32.2. The van der Waals surface area contributed by atoms with Crippen LogP contribution < -0.4 is 5.32 Å². The third-order valence-electron chi connectivity index (χ3n) is 5.46. The summed E-state index contributed by atoms with van der Waals surface area (Å²) in [6, 6.07) is 6.05. The minimum Gasteiger partial charge on any atom is -0.481 e. The molecule has 0 radical (unpaired) electrons. The maximum absolute atomic E-state index is 12.5. The number of urea groups is 1. The Labute approximate surface area is 146 Å². The Morgan fingerprint density at radius 2 is 2.25 bits per heavy atom. The number of rotatable bonds is 4. The summed E-state index contributed by atoms with van der Waals surface area (Å²) in [7, 11) is 0. The SMILES string of the molecule is CSc1cc(C)ccc1CNC(=O)N1C[C@@H]2CCC[C@@]2(C(=O)O)C1. The average molecular weight is 348 g/mol. The van der Waals surface area contributed by atoms with Gasteiger partial charge in [-0.05, 0) is 49.1 Å². The van der Waals surface area contributed by atoms with Gasteiger partial charge in [0.05, 0.1) is 5.41 Å². The molecule has 3 rings (SSSR count). The molecule has 1 heterocycles. The van der Waals surface area contributed by atoms with Gasteiger partial charge in [0.15, 0.2) is 0 Å². The summed E-state index contributed by atoms with van der Waals surface area (Å²) in [6.07, 6.45) is 4.57. The minimum absolute atomic E-state index is 0.0990. The first kappa shape index (κ1) is 17.1. The van der Waals surface area contributed by atoms with E-state index in [0.717, 1.165) is 23.3 Å². The molecule has 0 spiro atoms. The molecule has 0 bridgehead atoms. The maximum atomic E-state index is 12.5. The lowest BCUT2D eigenvalue weighted by Crippen LogP contribution is -2.41. The number of carbonyl (C=O) groups is 2. The third-order valence-corrected chi connectivity index (χ3v) is 6.28. The van der Waals surface area contributed by atoms with Crippen LogP contribution >= 0.6 is 11.8 Å². The van der Waals surface area contributed by atoms with Gasteiger partial charge in [-0.15, -0.1) is 11.8 Å². The summed E-state index contributed by atoms with van der Waals surface area (Å²) in [6.45, 7) is 3.41. The monoisotopic (exact) mass is 348 g/mol. The van der Waals surface area contributed by atoms with E-state index in [1.807, 2.05) is 18.4 Å². The number of likely N-dealkylation sites (tertiary alicyclic amines) is 1. The number of carbonyl (C=O) groups excluding carboxylic acids is 1. The van der Waals surface area contributed by atoms with Gasteiger partial charge in [-0.2, -0.15) is 0 Å². The van der Waals surface area contributed by atoms with Crippen LogP contribution in [0.5, 0.6) is 0 Å². The molecule has 1 aromatic rings. The van der Waals surface area contributed by atoms with Gasteiger partial charge < -0.3 is 15.3 Å². The molecule has 1 aliphatic carbocycles. The smallest absolute Gasteiger partial charge is 0.317 e. The van der Waals surface area contributed by atoms with E-state index >= 15 is 0 Å². The van der Waals surface area contributed by atoms with E-state index in [9.17, 15) is 14.7 Å². The highest BCUT2D eigenvalue weighted by Gasteiger charge is 2.55.